The lowest BCUT2D eigenvalue weighted by atomic mass is 10.1. The van der Waals surface area contributed by atoms with E-state index < -0.39 is 9.84 Å². The zero-order chi connectivity index (χ0) is 24.0. The lowest BCUT2D eigenvalue weighted by molar-refractivity contribution is 0.0718. The van der Waals surface area contributed by atoms with Gasteiger partial charge in [-0.25, -0.2) is 13.4 Å². The van der Waals surface area contributed by atoms with Crippen LogP contribution in [-0.2, 0) is 28.7 Å². The van der Waals surface area contributed by atoms with Gasteiger partial charge in [-0.2, -0.15) is 0 Å². The van der Waals surface area contributed by atoms with Crippen molar-refractivity contribution in [1.29, 1.82) is 0 Å². The molecule has 0 saturated heterocycles. The first-order valence-corrected chi connectivity index (χ1v) is 13.0. The fraction of sp³-hybridized carbons (Fsp3) is 0.385. The highest BCUT2D eigenvalue weighted by Gasteiger charge is 2.26. The largest absolute Gasteiger partial charge is 0.333 e. The first-order valence-electron chi connectivity index (χ1n) is 11.3. The molecular formula is C26H33N3O3S. The number of sulfone groups is 1. The maximum atomic E-state index is 13.3. The topological polar surface area (TPSA) is 72.3 Å². The number of hydrogen-bond acceptors (Lipinski definition) is 4. The summed E-state index contributed by atoms with van der Waals surface area (Å²) < 4.78 is 28.3. The Balaban J connectivity index is 1.96. The summed E-state index contributed by atoms with van der Waals surface area (Å²) in [4.78, 5) is 19.4. The van der Waals surface area contributed by atoms with Gasteiger partial charge < -0.3 is 9.47 Å². The molecule has 3 rings (SSSR count). The molecule has 0 aliphatic heterocycles. The Hall–Kier alpha value is -2.93. The monoisotopic (exact) mass is 467 g/mol. The molecule has 2 aromatic carbocycles. The van der Waals surface area contributed by atoms with Crippen LogP contribution in [0.3, 0.4) is 0 Å². The summed E-state index contributed by atoms with van der Waals surface area (Å²) in [5, 5.41) is 0.0618. The lowest BCUT2D eigenvalue weighted by Gasteiger charge is -2.26. The molecule has 0 bridgehead atoms. The summed E-state index contributed by atoms with van der Waals surface area (Å²) in [5.74, 6) is 0.295. The summed E-state index contributed by atoms with van der Waals surface area (Å²) >= 11 is 0. The average Bonchev–Trinajstić information content (AvgIpc) is 3.16. The van der Waals surface area contributed by atoms with Crippen molar-refractivity contribution >= 4 is 15.7 Å². The fourth-order valence-electron chi connectivity index (χ4n) is 3.80. The first kappa shape index (κ1) is 24.7. The van der Waals surface area contributed by atoms with Crippen LogP contribution < -0.4 is 0 Å². The lowest BCUT2D eigenvalue weighted by Crippen LogP contribution is -2.34. The van der Waals surface area contributed by atoms with E-state index in [0.717, 1.165) is 11.3 Å². The van der Waals surface area contributed by atoms with Gasteiger partial charge in [0.1, 0.15) is 0 Å². The molecule has 0 saturated carbocycles. The molecule has 0 aliphatic carbocycles. The molecule has 0 unspecified atom stereocenters. The second kappa shape index (κ2) is 10.8. The van der Waals surface area contributed by atoms with Crippen LogP contribution in [0.5, 0.6) is 0 Å². The highest BCUT2D eigenvalue weighted by atomic mass is 32.2. The standard InChI is InChI=1S/C26H33N3O3S/c1-20(2)16-28(25(30)23-13-9-6-10-14-23)18-24-15-27-26(29(24)17-21(3)4)33(31,32)19-22-11-7-5-8-12-22/h5-15,20-21H,16-19H2,1-4H3. The molecule has 0 atom stereocenters. The number of rotatable bonds is 10. The Morgan fingerprint density at radius 3 is 2.12 bits per heavy atom. The minimum absolute atomic E-state index is 0.0618. The third kappa shape index (κ3) is 6.54. The fourth-order valence-corrected chi connectivity index (χ4v) is 5.31. The van der Waals surface area contributed by atoms with Crippen molar-refractivity contribution in [2.24, 2.45) is 11.8 Å². The number of carbonyl (C=O) groups excluding carboxylic acids is 1. The number of carbonyl (C=O) groups is 1. The molecule has 6 nitrogen and oxygen atoms in total. The van der Waals surface area contributed by atoms with Crippen molar-refractivity contribution in [3.63, 3.8) is 0 Å². The predicted octanol–water partition coefficient (Wildman–Crippen LogP) is 4.81. The van der Waals surface area contributed by atoms with Crippen LogP contribution in [0.15, 0.2) is 72.0 Å². The number of amides is 1. The van der Waals surface area contributed by atoms with E-state index in [1.807, 2.05) is 50.2 Å². The van der Waals surface area contributed by atoms with Crippen molar-refractivity contribution < 1.29 is 13.2 Å². The van der Waals surface area contributed by atoms with Crippen LogP contribution in [-0.4, -0.2) is 35.3 Å². The van der Waals surface area contributed by atoms with Crippen LogP contribution in [0.1, 0.15) is 49.3 Å². The molecule has 3 aromatic rings. The van der Waals surface area contributed by atoms with Crippen molar-refractivity contribution in [2.75, 3.05) is 6.54 Å². The van der Waals surface area contributed by atoms with Crippen LogP contribution in [0, 0.1) is 11.8 Å². The smallest absolute Gasteiger partial charge is 0.254 e. The average molecular weight is 468 g/mol. The molecule has 0 aliphatic rings. The van der Waals surface area contributed by atoms with Gasteiger partial charge in [-0.15, -0.1) is 0 Å². The Morgan fingerprint density at radius 1 is 0.939 bits per heavy atom. The third-order valence-corrected chi connectivity index (χ3v) is 6.77. The molecule has 1 aromatic heterocycles. The summed E-state index contributed by atoms with van der Waals surface area (Å²) in [7, 11) is -3.65. The van der Waals surface area contributed by atoms with E-state index in [2.05, 4.69) is 18.8 Å². The van der Waals surface area contributed by atoms with Crippen LogP contribution in [0.2, 0.25) is 0 Å². The quantitative estimate of drug-likeness (QED) is 0.429. The Morgan fingerprint density at radius 2 is 1.55 bits per heavy atom. The SMILES string of the molecule is CC(C)CN(Cc1cnc(S(=O)(=O)Cc2ccccc2)n1CC(C)C)C(=O)c1ccccc1. The van der Waals surface area contributed by atoms with Gasteiger partial charge in [0.15, 0.2) is 0 Å². The predicted molar refractivity (Wildman–Crippen MR) is 130 cm³/mol. The van der Waals surface area contributed by atoms with Gasteiger partial charge in [0.25, 0.3) is 5.91 Å². The van der Waals surface area contributed by atoms with Gasteiger partial charge in [0, 0.05) is 18.7 Å². The molecule has 0 N–H and O–H groups in total. The van der Waals surface area contributed by atoms with Crippen LogP contribution in [0.25, 0.3) is 0 Å². The Labute approximate surface area is 197 Å². The molecule has 33 heavy (non-hydrogen) atoms. The normalized spacial score (nSPS) is 11.8. The molecule has 0 fully saturated rings. The summed E-state index contributed by atoms with van der Waals surface area (Å²) in [6.07, 6.45) is 1.60. The molecule has 176 valence electrons. The van der Waals surface area contributed by atoms with Crippen molar-refractivity contribution in [3.8, 4) is 0 Å². The zero-order valence-corrected chi connectivity index (χ0v) is 20.6. The molecule has 1 amide bonds. The number of nitrogens with zero attached hydrogens (tertiary/aromatic N) is 3. The summed E-state index contributed by atoms with van der Waals surface area (Å²) in [6, 6.07) is 18.3. The Kier molecular flexibility index (Phi) is 8.08. The summed E-state index contributed by atoms with van der Waals surface area (Å²) in [5.41, 5.74) is 2.06. The second-order valence-corrected chi connectivity index (χ2v) is 11.1. The van der Waals surface area contributed by atoms with E-state index in [0.29, 0.717) is 25.2 Å². The number of benzene rings is 2. The van der Waals surface area contributed by atoms with Gasteiger partial charge in [-0.3, -0.25) is 4.79 Å². The molecule has 0 radical (unpaired) electrons. The van der Waals surface area contributed by atoms with Crippen molar-refractivity contribution in [3.05, 3.63) is 83.7 Å². The summed E-state index contributed by atoms with van der Waals surface area (Å²) in [6.45, 7) is 9.57. The van der Waals surface area contributed by atoms with Gasteiger partial charge in [0.05, 0.1) is 24.2 Å². The first-order chi connectivity index (χ1) is 15.7. The van der Waals surface area contributed by atoms with E-state index in [-0.39, 0.29) is 28.7 Å². The van der Waals surface area contributed by atoms with E-state index in [1.165, 1.54) is 0 Å². The van der Waals surface area contributed by atoms with Crippen molar-refractivity contribution in [2.45, 2.75) is 51.7 Å². The number of aromatic nitrogens is 2. The maximum Gasteiger partial charge on any atom is 0.254 e. The van der Waals surface area contributed by atoms with Crippen LogP contribution in [0.4, 0.5) is 0 Å². The minimum Gasteiger partial charge on any atom is -0.333 e. The van der Waals surface area contributed by atoms with Gasteiger partial charge >= 0.3 is 0 Å². The van der Waals surface area contributed by atoms with E-state index in [9.17, 15) is 13.2 Å². The number of hydrogen-bond donors (Lipinski definition) is 0. The van der Waals surface area contributed by atoms with E-state index in [4.69, 9.17) is 0 Å². The van der Waals surface area contributed by atoms with Gasteiger partial charge in [0.2, 0.25) is 15.0 Å². The molecule has 7 heteroatoms. The second-order valence-electron chi connectivity index (χ2n) is 9.23. The van der Waals surface area contributed by atoms with E-state index in [1.54, 1.807) is 39.9 Å². The van der Waals surface area contributed by atoms with Gasteiger partial charge in [-0.05, 0) is 29.5 Å². The van der Waals surface area contributed by atoms with E-state index >= 15 is 0 Å². The minimum atomic E-state index is -3.65. The maximum absolute atomic E-state index is 13.3. The van der Waals surface area contributed by atoms with Crippen LogP contribution >= 0.6 is 0 Å². The highest BCUT2D eigenvalue weighted by Crippen LogP contribution is 2.21. The third-order valence-electron chi connectivity index (χ3n) is 5.17. The molecule has 1 heterocycles. The molecule has 0 spiro atoms. The Bertz CT molecular complexity index is 1150. The number of imidazole rings is 1. The zero-order valence-electron chi connectivity index (χ0n) is 19.8. The van der Waals surface area contributed by atoms with Gasteiger partial charge in [-0.1, -0.05) is 76.2 Å². The highest BCUT2D eigenvalue weighted by molar-refractivity contribution is 7.90. The molecular weight excluding hydrogens is 434 g/mol. The van der Waals surface area contributed by atoms with Crippen molar-refractivity contribution in [1.82, 2.24) is 14.5 Å².